The summed E-state index contributed by atoms with van der Waals surface area (Å²) in [5, 5.41) is 0.347. The molecule has 0 saturated carbocycles. The van der Waals surface area contributed by atoms with E-state index < -0.39 is 5.91 Å². The van der Waals surface area contributed by atoms with Crippen molar-refractivity contribution in [3.8, 4) is 5.75 Å². The molecular weight excluding hydrogens is 216 g/mol. The minimum Gasteiger partial charge on any atom is -0.489 e. The van der Waals surface area contributed by atoms with Gasteiger partial charge in [0.15, 0.2) is 0 Å². The largest absolute Gasteiger partial charge is 0.489 e. The van der Waals surface area contributed by atoms with Crippen LogP contribution in [0.3, 0.4) is 0 Å². The molecule has 0 bridgehead atoms. The molecule has 5 heteroatoms. The molecule has 0 radical (unpaired) electrons. The van der Waals surface area contributed by atoms with Crippen LogP contribution in [-0.2, 0) is 6.42 Å². The molecule has 0 saturated heterocycles. The minimum atomic E-state index is -0.553. The fraction of sp³-hybridized carbons (Fsp3) is 0.300. The molecule has 1 unspecified atom stereocenters. The van der Waals surface area contributed by atoms with Gasteiger partial charge in [-0.05, 0) is 13.0 Å². The first-order chi connectivity index (χ1) is 7.00. The molecule has 1 atom stereocenters. The van der Waals surface area contributed by atoms with Crippen LogP contribution in [0.15, 0.2) is 6.07 Å². The van der Waals surface area contributed by atoms with Gasteiger partial charge in [0.1, 0.15) is 11.9 Å². The minimum absolute atomic E-state index is 0.00105. The van der Waals surface area contributed by atoms with Crippen molar-refractivity contribution in [3.05, 3.63) is 22.2 Å². The van der Waals surface area contributed by atoms with E-state index in [-0.39, 0.29) is 6.10 Å². The maximum absolute atomic E-state index is 11.2. The Morgan fingerprint density at radius 1 is 1.67 bits per heavy atom. The van der Waals surface area contributed by atoms with Gasteiger partial charge in [-0.2, -0.15) is 0 Å². The molecule has 0 spiro atoms. The molecule has 1 heterocycles. The summed E-state index contributed by atoms with van der Waals surface area (Å²) >= 11 is 5.90. The lowest BCUT2D eigenvalue weighted by atomic mass is 10.0. The normalized spacial score (nSPS) is 18.4. The number of fused-ring (bicyclic) bond motifs is 1. The highest BCUT2D eigenvalue weighted by Gasteiger charge is 2.27. The van der Waals surface area contributed by atoms with Crippen molar-refractivity contribution in [2.75, 3.05) is 5.73 Å². The second-order valence-corrected chi connectivity index (χ2v) is 4.03. The molecule has 1 amide bonds. The maximum Gasteiger partial charge on any atom is 0.252 e. The average molecular weight is 227 g/mol. The summed E-state index contributed by atoms with van der Waals surface area (Å²) in [5.74, 6) is -0.0702. The number of carbonyl (C=O) groups is 1. The van der Waals surface area contributed by atoms with E-state index in [1.54, 1.807) is 0 Å². The van der Waals surface area contributed by atoms with Gasteiger partial charge in [0, 0.05) is 12.0 Å². The lowest BCUT2D eigenvalue weighted by molar-refractivity contribution is 0.0996. The van der Waals surface area contributed by atoms with Gasteiger partial charge in [-0.3, -0.25) is 4.79 Å². The molecule has 0 aromatic heterocycles. The van der Waals surface area contributed by atoms with E-state index in [0.717, 1.165) is 5.56 Å². The Bertz CT molecular complexity index is 446. The molecule has 1 aliphatic heterocycles. The Kier molecular flexibility index (Phi) is 2.23. The number of anilines is 1. The monoisotopic (exact) mass is 226 g/mol. The van der Waals surface area contributed by atoms with Crippen LogP contribution in [-0.4, -0.2) is 12.0 Å². The van der Waals surface area contributed by atoms with E-state index >= 15 is 0 Å². The first-order valence-electron chi connectivity index (χ1n) is 4.58. The molecule has 80 valence electrons. The Morgan fingerprint density at radius 2 is 2.33 bits per heavy atom. The topological polar surface area (TPSA) is 78.3 Å². The third-order valence-electron chi connectivity index (χ3n) is 2.45. The van der Waals surface area contributed by atoms with Gasteiger partial charge in [0.05, 0.1) is 16.3 Å². The number of hydrogen-bond donors (Lipinski definition) is 2. The molecule has 0 aliphatic carbocycles. The van der Waals surface area contributed by atoms with Gasteiger partial charge in [-0.15, -0.1) is 0 Å². The Labute approximate surface area is 92.1 Å². The van der Waals surface area contributed by atoms with E-state index in [1.165, 1.54) is 6.07 Å². The summed E-state index contributed by atoms with van der Waals surface area (Å²) in [7, 11) is 0. The fourth-order valence-electron chi connectivity index (χ4n) is 1.75. The molecule has 1 aromatic rings. The molecule has 0 fully saturated rings. The lowest BCUT2D eigenvalue weighted by Gasteiger charge is -2.09. The highest BCUT2D eigenvalue weighted by atomic mass is 35.5. The van der Waals surface area contributed by atoms with E-state index in [9.17, 15) is 4.79 Å². The number of nitrogen functional groups attached to an aromatic ring is 1. The van der Waals surface area contributed by atoms with Crippen LogP contribution in [0.5, 0.6) is 5.75 Å². The van der Waals surface area contributed by atoms with E-state index in [0.29, 0.717) is 28.4 Å². The zero-order chi connectivity index (χ0) is 11.2. The first kappa shape index (κ1) is 10.1. The highest BCUT2D eigenvalue weighted by Crippen LogP contribution is 2.40. The number of ether oxygens (including phenoxy) is 1. The van der Waals surface area contributed by atoms with Gasteiger partial charge in [-0.25, -0.2) is 0 Å². The van der Waals surface area contributed by atoms with Gasteiger partial charge in [-0.1, -0.05) is 11.6 Å². The second kappa shape index (κ2) is 3.31. The number of benzene rings is 1. The van der Waals surface area contributed by atoms with Crippen LogP contribution in [0.4, 0.5) is 5.69 Å². The van der Waals surface area contributed by atoms with Crippen molar-refractivity contribution in [1.82, 2.24) is 0 Å². The molecule has 1 aromatic carbocycles. The Hall–Kier alpha value is -1.42. The number of primary amides is 1. The number of rotatable bonds is 1. The molecule has 15 heavy (non-hydrogen) atoms. The number of halogens is 1. The number of hydrogen-bond acceptors (Lipinski definition) is 3. The van der Waals surface area contributed by atoms with Crippen LogP contribution in [0.2, 0.25) is 5.02 Å². The fourth-order valence-corrected chi connectivity index (χ4v) is 1.97. The standard InChI is InChI=1S/C10H11ClN2O2/c1-4-2-5-8(12)7(11)3-6(10(13)14)9(5)15-4/h3-4H,2,12H2,1H3,(H2,13,14). The summed E-state index contributed by atoms with van der Waals surface area (Å²) in [6.07, 6.45) is 0.654. The highest BCUT2D eigenvalue weighted by molar-refractivity contribution is 6.33. The van der Waals surface area contributed by atoms with Crippen LogP contribution in [0.25, 0.3) is 0 Å². The van der Waals surface area contributed by atoms with Crippen molar-refractivity contribution in [2.24, 2.45) is 5.73 Å². The number of amides is 1. The quantitative estimate of drug-likeness (QED) is 0.710. The van der Waals surface area contributed by atoms with Crippen molar-refractivity contribution in [1.29, 1.82) is 0 Å². The van der Waals surface area contributed by atoms with Crippen molar-refractivity contribution >= 4 is 23.2 Å². The average Bonchev–Trinajstić information content (AvgIpc) is 2.53. The first-order valence-corrected chi connectivity index (χ1v) is 4.95. The zero-order valence-electron chi connectivity index (χ0n) is 8.21. The molecule has 4 N–H and O–H groups in total. The van der Waals surface area contributed by atoms with Crippen molar-refractivity contribution in [3.63, 3.8) is 0 Å². The van der Waals surface area contributed by atoms with E-state index in [4.69, 9.17) is 27.8 Å². The predicted octanol–water partition coefficient (Wildman–Crippen LogP) is 1.34. The van der Waals surface area contributed by atoms with E-state index in [1.807, 2.05) is 6.92 Å². The third kappa shape index (κ3) is 1.51. The van der Waals surface area contributed by atoms with Crippen LogP contribution in [0, 0.1) is 0 Å². The van der Waals surface area contributed by atoms with Gasteiger partial charge in [0.2, 0.25) is 0 Å². The van der Waals surface area contributed by atoms with Crippen molar-refractivity contribution < 1.29 is 9.53 Å². The van der Waals surface area contributed by atoms with Gasteiger partial charge < -0.3 is 16.2 Å². The summed E-state index contributed by atoms with van der Waals surface area (Å²) < 4.78 is 5.50. The van der Waals surface area contributed by atoms with Crippen LogP contribution in [0.1, 0.15) is 22.8 Å². The summed E-state index contributed by atoms with van der Waals surface area (Å²) in [4.78, 5) is 11.2. The zero-order valence-corrected chi connectivity index (χ0v) is 8.97. The maximum atomic E-state index is 11.2. The number of nitrogens with two attached hydrogens (primary N) is 2. The molecule has 2 rings (SSSR count). The smallest absolute Gasteiger partial charge is 0.252 e. The van der Waals surface area contributed by atoms with Gasteiger partial charge >= 0.3 is 0 Å². The van der Waals surface area contributed by atoms with Crippen molar-refractivity contribution in [2.45, 2.75) is 19.4 Å². The molecule has 1 aliphatic rings. The Balaban J connectivity index is 2.66. The van der Waals surface area contributed by atoms with Crippen LogP contribution < -0.4 is 16.2 Å². The summed E-state index contributed by atoms with van der Waals surface area (Å²) in [5.41, 5.74) is 12.6. The third-order valence-corrected chi connectivity index (χ3v) is 2.76. The summed E-state index contributed by atoms with van der Waals surface area (Å²) in [6.45, 7) is 1.90. The Morgan fingerprint density at radius 3 is 2.93 bits per heavy atom. The predicted molar refractivity (Wildman–Crippen MR) is 58.2 cm³/mol. The number of carbonyl (C=O) groups excluding carboxylic acids is 1. The molecule has 4 nitrogen and oxygen atoms in total. The van der Waals surface area contributed by atoms with Gasteiger partial charge in [0.25, 0.3) is 5.91 Å². The van der Waals surface area contributed by atoms with Crippen LogP contribution >= 0.6 is 11.6 Å². The second-order valence-electron chi connectivity index (χ2n) is 3.62. The summed E-state index contributed by atoms with van der Waals surface area (Å²) in [6, 6.07) is 1.45. The van der Waals surface area contributed by atoms with E-state index in [2.05, 4.69) is 0 Å². The molecular formula is C10H11ClN2O2. The SMILES string of the molecule is CC1Cc2c(N)c(Cl)cc(C(N)=O)c2O1. The lowest BCUT2D eigenvalue weighted by Crippen LogP contribution is -2.13.